The van der Waals surface area contributed by atoms with E-state index in [0.29, 0.717) is 12.8 Å². The molecule has 0 aromatic heterocycles. The van der Waals surface area contributed by atoms with E-state index in [2.05, 4.69) is 14.7 Å². The van der Waals surface area contributed by atoms with Gasteiger partial charge in [-0.3, -0.25) is 9.74 Å². The second kappa shape index (κ2) is 9.05. The van der Waals surface area contributed by atoms with Crippen molar-refractivity contribution in [2.45, 2.75) is 31.5 Å². The van der Waals surface area contributed by atoms with E-state index in [9.17, 15) is 27.9 Å². The van der Waals surface area contributed by atoms with Crippen molar-refractivity contribution >= 4 is 34.5 Å². The summed E-state index contributed by atoms with van der Waals surface area (Å²) in [6.45, 7) is 1.85. The van der Waals surface area contributed by atoms with Crippen LogP contribution in [0.1, 0.15) is 25.3 Å². The summed E-state index contributed by atoms with van der Waals surface area (Å²) in [5, 5.41) is 13.4. The van der Waals surface area contributed by atoms with Crippen molar-refractivity contribution in [3.63, 3.8) is 0 Å². The van der Waals surface area contributed by atoms with E-state index in [1.54, 1.807) is 0 Å². The number of benzene rings is 1. The number of aliphatic hydroxyl groups is 1. The standard InChI is InChI=1S/C16H18ClF3N2O5/c1-4-5-12(17)21-27-14(24)22(2)11-8-6-10(7-9-11)15(25,13(23)26-3)16(18,19)20/h6-9,25H,4-5H2,1-3H3/b21-12-/t15-/m1/s1. The number of anilines is 1. The van der Waals surface area contributed by atoms with Gasteiger partial charge in [-0.2, -0.15) is 13.2 Å². The number of amides is 1. The van der Waals surface area contributed by atoms with Crippen molar-refractivity contribution in [2.75, 3.05) is 19.1 Å². The van der Waals surface area contributed by atoms with Crippen molar-refractivity contribution in [1.29, 1.82) is 0 Å². The Morgan fingerprint density at radius 3 is 2.26 bits per heavy atom. The summed E-state index contributed by atoms with van der Waals surface area (Å²) in [5.74, 6) is -1.88. The highest BCUT2D eigenvalue weighted by atomic mass is 35.5. The molecule has 1 rings (SSSR count). The molecule has 0 saturated carbocycles. The van der Waals surface area contributed by atoms with E-state index in [0.717, 1.165) is 36.3 Å². The number of ether oxygens (including phenoxy) is 1. The summed E-state index contributed by atoms with van der Waals surface area (Å²) in [6, 6.07) is 3.87. The van der Waals surface area contributed by atoms with Gasteiger partial charge in [-0.15, -0.1) is 0 Å². The summed E-state index contributed by atoms with van der Waals surface area (Å²) in [6.07, 6.45) is -5.14. The summed E-state index contributed by atoms with van der Waals surface area (Å²) >= 11 is 5.71. The molecule has 1 N–H and O–H groups in total. The molecule has 0 aliphatic rings. The largest absolute Gasteiger partial charge is 0.466 e. The van der Waals surface area contributed by atoms with Crippen molar-refractivity contribution in [2.24, 2.45) is 5.16 Å². The van der Waals surface area contributed by atoms with Gasteiger partial charge in [0.05, 0.1) is 7.11 Å². The van der Waals surface area contributed by atoms with Gasteiger partial charge in [0.15, 0.2) is 0 Å². The molecule has 150 valence electrons. The lowest BCUT2D eigenvalue weighted by molar-refractivity contribution is -0.266. The number of carbonyl (C=O) groups excluding carboxylic acids is 2. The minimum absolute atomic E-state index is 0.0860. The molecule has 0 fully saturated rings. The molecule has 0 aliphatic heterocycles. The zero-order chi connectivity index (χ0) is 20.8. The smallest absolute Gasteiger partial charge is 0.440 e. The second-order valence-electron chi connectivity index (χ2n) is 5.38. The number of halogens is 4. The summed E-state index contributed by atoms with van der Waals surface area (Å²) in [7, 11) is 2.01. The van der Waals surface area contributed by atoms with Crippen LogP contribution in [0.25, 0.3) is 0 Å². The first kappa shape index (κ1) is 22.7. The van der Waals surface area contributed by atoms with E-state index in [1.807, 2.05) is 6.92 Å². The van der Waals surface area contributed by atoms with Gasteiger partial charge in [0.2, 0.25) is 0 Å². The van der Waals surface area contributed by atoms with Gasteiger partial charge < -0.3 is 9.84 Å². The maximum absolute atomic E-state index is 13.2. The molecule has 0 heterocycles. The van der Waals surface area contributed by atoms with Crippen molar-refractivity contribution in [3.8, 4) is 0 Å². The van der Waals surface area contributed by atoms with Crippen LogP contribution in [-0.2, 0) is 20.0 Å². The van der Waals surface area contributed by atoms with Crippen molar-refractivity contribution < 1.29 is 37.4 Å². The lowest BCUT2D eigenvalue weighted by Gasteiger charge is -2.28. The number of hydrogen-bond acceptors (Lipinski definition) is 6. The topological polar surface area (TPSA) is 88.4 Å². The Morgan fingerprint density at radius 1 is 1.26 bits per heavy atom. The Labute approximate surface area is 158 Å². The predicted octanol–water partition coefficient (Wildman–Crippen LogP) is 3.53. The first-order chi connectivity index (χ1) is 12.5. The summed E-state index contributed by atoms with van der Waals surface area (Å²) in [5.41, 5.74) is -4.48. The molecular weight excluding hydrogens is 393 g/mol. The van der Waals surface area contributed by atoms with Gasteiger partial charge in [0, 0.05) is 24.7 Å². The molecule has 1 amide bonds. The maximum atomic E-state index is 13.2. The van der Waals surface area contributed by atoms with Gasteiger partial charge in [-0.1, -0.05) is 35.8 Å². The van der Waals surface area contributed by atoms with Gasteiger partial charge in [0.25, 0.3) is 5.60 Å². The normalized spacial score (nSPS) is 14.3. The predicted molar refractivity (Wildman–Crippen MR) is 91.5 cm³/mol. The molecular formula is C16H18ClF3N2O5. The molecule has 0 radical (unpaired) electrons. The zero-order valence-electron chi connectivity index (χ0n) is 14.7. The Hall–Kier alpha value is -2.33. The SMILES string of the molecule is CCC/C(Cl)=N/OC(=O)N(C)c1ccc([C@@](O)(C(=O)OC)C(F)(F)F)cc1. The number of carbonyl (C=O) groups is 2. The summed E-state index contributed by atoms with van der Waals surface area (Å²) in [4.78, 5) is 29.0. The molecule has 7 nitrogen and oxygen atoms in total. The third kappa shape index (κ3) is 5.10. The fraction of sp³-hybridized carbons (Fsp3) is 0.438. The van der Waals surface area contributed by atoms with E-state index >= 15 is 0 Å². The lowest BCUT2D eigenvalue weighted by atomic mass is 9.93. The van der Waals surface area contributed by atoms with Gasteiger partial charge in [-0.05, 0) is 18.6 Å². The molecule has 1 aromatic carbocycles. The van der Waals surface area contributed by atoms with Gasteiger partial charge in [0.1, 0.15) is 5.17 Å². The molecule has 1 aromatic rings. The molecule has 11 heteroatoms. The zero-order valence-corrected chi connectivity index (χ0v) is 15.5. The second-order valence-corrected chi connectivity index (χ2v) is 5.82. The molecule has 0 aliphatic carbocycles. The van der Waals surface area contributed by atoms with E-state index in [4.69, 9.17) is 11.6 Å². The van der Waals surface area contributed by atoms with Gasteiger partial charge in [-0.25, -0.2) is 9.59 Å². The van der Waals surface area contributed by atoms with Crippen LogP contribution in [0.3, 0.4) is 0 Å². The van der Waals surface area contributed by atoms with Crippen LogP contribution in [0.4, 0.5) is 23.7 Å². The number of alkyl halides is 3. The van der Waals surface area contributed by atoms with Crippen LogP contribution in [0.15, 0.2) is 29.4 Å². The van der Waals surface area contributed by atoms with Crippen molar-refractivity contribution in [3.05, 3.63) is 29.8 Å². The Morgan fingerprint density at radius 2 is 1.81 bits per heavy atom. The number of methoxy groups -OCH3 is 1. The highest BCUT2D eigenvalue weighted by Gasteiger charge is 2.62. The van der Waals surface area contributed by atoms with Crippen LogP contribution >= 0.6 is 11.6 Å². The highest BCUT2D eigenvalue weighted by Crippen LogP contribution is 2.40. The van der Waals surface area contributed by atoms with Gasteiger partial charge >= 0.3 is 18.2 Å². The fourth-order valence-corrected chi connectivity index (χ4v) is 2.20. The number of rotatable bonds is 6. The number of nitrogens with zero attached hydrogens (tertiary/aromatic N) is 2. The first-order valence-electron chi connectivity index (χ1n) is 7.64. The average molecular weight is 411 g/mol. The van der Waals surface area contributed by atoms with Crippen LogP contribution in [0.5, 0.6) is 0 Å². The van der Waals surface area contributed by atoms with E-state index < -0.39 is 29.4 Å². The summed E-state index contributed by atoms with van der Waals surface area (Å²) < 4.78 is 43.6. The van der Waals surface area contributed by atoms with E-state index in [1.165, 1.54) is 7.05 Å². The minimum Gasteiger partial charge on any atom is -0.466 e. The third-order valence-corrected chi connectivity index (χ3v) is 3.77. The van der Waals surface area contributed by atoms with E-state index in [-0.39, 0.29) is 10.9 Å². The number of esters is 1. The number of hydrogen-bond donors (Lipinski definition) is 1. The van der Waals surface area contributed by atoms with Crippen LogP contribution < -0.4 is 4.90 Å². The fourth-order valence-electron chi connectivity index (χ4n) is 1.98. The monoisotopic (exact) mass is 410 g/mol. The molecule has 27 heavy (non-hydrogen) atoms. The quantitative estimate of drug-likeness (QED) is 0.335. The number of oxime groups is 1. The maximum Gasteiger partial charge on any atom is 0.440 e. The molecule has 0 bridgehead atoms. The first-order valence-corrected chi connectivity index (χ1v) is 8.01. The van der Waals surface area contributed by atoms with Crippen LogP contribution in [0, 0.1) is 0 Å². The molecule has 1 atom stereocenters. The molecule has 0 spiro atoms. The molecule has 0 saturated heterocycles. The minimum atomic E-state index is -5.31. The van der Waals surface area contributed by atoms with Crippen LogP contribution in [0.2, 0.25) is 0 Å². The Balaban J connectivity index is 3.05. The van der Waals surface area contributed by atoms with Crippen LogP contribution in [-0.4, -0.2) is 42.7 Å². The Kier molecular flexibility index (Phi) is 7.61. The molecule has 0 unspecified atom stereocenters. The highest BCUT2D eigenvalue weighted by molar-refractivity contribution is 6.65. The lowest BCUT2D eigenvalue weighted by Crippen LogP contribution is -2.49. The third-order valence-electron chi connectivity index (χ3n) is 3.52. The Bertz CT molecular complexity index is 709. The average Bonchev–Trinajstić information content (AvgIpc) is 2.63. The van der Waals surface area contributed by atoms with Crippen molar-refractivity contribution in [1.82, 2.24) is 0 Å².